The van der Waals surface area contributed by atoms with Gasteiger partial charge < -0.3 is 10.1 Å². The summed E-state index contributed by atoms with van der Waals surface area (Å²) in [5.41, 5.74) is 1.61. The predicted molar refractivity (Wildman–Crippen MR) is 121 cm³/mol. The Morgan fingerprint density at radius 3 is 2.27 bits per heavy atom. The fraction of sp³-hybridized carbons (Fsp3) is 0.409. The van der Waals surface area contributed by atoms with E-state index in [0.29, 0.717) is 24.5 Å². The number of amides is 1. The minimum absolute atomic E-state index is 0.0748. The second kappa shape index (κ2) is 9.37. The molecule has 2 rings (SSSR count). The highest BCUT2D eigenvalue weighted by molar-refractivity contribution is 7.89. The lowest BCUT2D eigenvalue weighted by Crippen LogP contribution is -2.31. The molecule has 0 atom stereocenters. The molecular weight excluding hydrogens is 424 g/mol. The third-order valence-electron chi connectivity index (χ3n) is 4.83. The van der Waals surface area contributed by atoms with Gasteiger partial charge >= 0.3 is 0 Å². The third kappa shape index (κ3) is 5.14. The van der Waals surface area contributed by atoms with Crippen molar-refractivity contribution < 1.29 is 17.9 Å². The number of halogens is 1. The molecule has 0 unspecified atom stereocenters. The molecule has 1 amide bonds. The van der Waals surface area contributed by atoms with Crippen molar-refractivity contribution in [1.82, 2.24) is 4.31 Å². The van der Waals surface area contributed by atoms with E-state index in [1.54, 1.807) is 19.9 Å². The molecule has 30 heavy (non-hydrogen) atoms. The number of hydrogen-bond acceptors (Lipinski definition) is 4. The summed E-state index contributed by atoms with van der Waals surface area (Å²) in [6.45, 7) is 10.3. The first-order chi connectivity index (χ1) is 13.9. The smallest absolute Gasteiger partial charge is 0.255 e. The molecular formula is C22H29ClN2O4S. The molecule has 0 bridgehead atoms. The maximum Gasteiger partial charge on any atom is 0.255 e. The van der Waals surface area contributed by atoms with Crippen LogP contribution in [-0.2, 0) is 15.4 Å². The monoisotopic (exact) mass is 452 g/mol. The van der Waals surface area contributed by atoms with E-state index in [-0.39, 0.29) is 20.9 Å². The molecule has 0 aliphatic rings. The Labute approximate surface area is 184 Å². The van der Waals surface area contributed by atoms with Crippen molar-refractivity contribution >= 4 is 33.2 Å². The molecule has 0 spiro atoms. The van der Waals surface area contributed by atoms with Crippen molar-refractivity contribution in [3.05, 3.63) is 52.5 Å². The van der Waals surface area contributed by atoms with Gasteiger partial charge in [0.25, 0.3) is 5.91 Å². The second-order valence-corrected chi connectivity index (χ2v) is 10.2. The summed E-state index contributed by atoms with van der Waals surface area (Å²) in [6.07, 6.45) is 0. The van der Waals surface area contributed by atoms with Crippen molar-refractivity contribution in [3.63, 3.8) is 0 Å². The number of rotatable bonds is 7. The van der Waals surface area contributed by atoms with Crippen molar-refractivity contribution in [2.24, 2.45) is 0 Å². The van der Waals surface area contributed by atoms with Gasteiger partial charge in [-0.2, -0.15) is 4.31 Å². The molecule has 0 aromatic heterocycles. The SMILES string of the molecule is CCN(CC)S(=O)(=O)c1cc(C(=O)Nc2cc(C(C)(C)C)ccc2OC)ccc1Cl. The van der Waals surface area contributed by atoms with E-state index in [9.17, 15) is 13.2 Å². The van der Waals surface area contributed by atoms with Gasteiger partial charge in [0.15, 0.2) is 0 Å². The van der Waals surface area contributed by atoms with Gasteiger partial charge in [-0.1, -0.05) is 52.3 Å². The van der Waals surface area contributed by atoms with E-state index < -0.39 is 15.9 Å². The number of anilines is 1. The van der Waals surface area contributed by atoms with Gasteiger partial charge in [0.2, 0.25) is 10.0 Å². The molecule has 0 aliphatic carbocycles. The number of nitrogens with zero attached hydrogens (tertiary/aromatic N) is 1. The predicted octanol–water partition coefficient (Wildman–Crippen LogP) is 4.93. The number of carbonyl (C=O) groups is 1. The first-order valence-electron chi connectivity index (χ1n) is 9.75. The molecule has 0 aliphatic heterocycles. The number of ether oxygens (including phenoxy) is 1. The van der Waals surface area contributed by atoms with Crippen LogP contribution in [0.15, 0.2) is 41.3 Å². The first kappa shape index (κ1) is 24.2. The van der Waals surface area contributed by atoms with Crippen LogP contribution in [-0.4, -0.2) is 38.8 Å². The quantitative estimate of drug-likeness (QED) is 0.646. The molecule has 0 radical (unpaired) electrons. The van der Waals surface area contributed by atoms with E-state index in [2.05, 4.69) is 26.1 Å². The molecule has 164 valence electrons. The summed E-state index contributed by atoms with van der Waals surface area (Å²) in [5, 5.41) is 2.90. The molecule has 8 heteroatoms. The zero-order valence-corrected chi connectivity index (χ0v) is 19.8. The van der Waals surface area contributed by atoms with Gasteiger partial charge in [0.05, 0.1) is 17.8 Å². The van der Waals surface area contributed by atoms with E-state index in [4.69, 9.17) is 16.3 Å². The lowest BCUT2D eigenvalue weighted by atomic mass is 9.87. The maximum atomic E-state index is 12.9. The number of hydrogen-bond donors (Lipinski definition) is 1. The van der Waals surface area contributed by atoms with Crippen LogP contribution in [0.4, 0.5) is 5.69 Å². The molecule has 1 N–H and O–H groups in total. The highest BCUT2D eigenvalue weighted by Crippen LogP contribution is 2.32. The van der Waals surface area contributed by atoms with Crippen LogP contribution in [0.1, 0.15) is 50.5 Å². The van der Waals surface area contributed by atoms with Gasteiger partial charge in [-0.15, -0.1) is 0 Å². The lowest BCUT2D eigenvalue weighted by molar-refractivity contribution is 0.102. The topological polar surface area (TPSA) is 75.7 Å². The fourth-order valence-electron chi connectivity index (χ4n) is 3.01. The van der Waals surface area contributed by atoms with E-state index in [1.165, 1.54) is 29.6 Å². The van der Waals surface area contributed by atoms with Gasteiger partial charge in [0.1, 0.15) is 10.6 Å². The maximum absolute atomic E-state index is 12.9. The summed E-state index contributed by atoms with van der Waals surface area (Å²) >= 11 is 6.16. The minimum Gasteiger partial charge on any atom is -0.495 e. The van der Waals surface area contributed by atoms with Crippen LogP contribution in [0.25, 0.3) is 0 Å². The average Bonchev–Trinajstić information content (AvgIpc) is 2.68. The van der Waals surface area contributed by atoms with Gasteiger partial charge in [0, 0.05) is 18.7 Å². The Morgan fingerprint density at radius 2 is 1.73 bits per heavy atom. The zero-order valence-electron chi connectivity index (χ0n) is 18.2. The first-order valence-corrected chi connectivity index (χ1v) is 11.6. The summed E-state index contributed by atoms with van der Waals surface area (Å²) in [4.78, 5) is 12.8. The van der Waals surface area contributed by atoms with Crippen LogP contribution in [0, 0.1) is 0 Å². The highest BCUT2D eigenvalue weighted by Gasteiger charge is 2.26. The van der Waals surface area contributed by atoms with Gasteiger partial charge in [-0.25, -0.2) is 8.42 Å². The summed E-state index contributed by atoms with van der Waals surface area (Å²) in [6, 6.07) is 9.85. The van der Waals surface area contributed by atoms with Gasteiger partial charge in [-0.3, -0.25) is 4.79 Å². The molecule has 0 heterocycles. The third-order valence-corrected chi connectivity index (χ3v) is 7.36. The molecule has 0 fully saturated rings. The average molecular weight is 453 g/mol. The number of methoxy groups -OCH3 is 1. The van der Waals surface area contributed by atoms with E-state index in [1.807, 2.05) is 12.1 Å². The number of nitrogens with one attached hydrogen (secondary N) is 1. The number of sulfonamides is 1. The molecule has 2 aromatic carbocycles. The summed E-state index contributed by atoms with van der Waals surface area (Å²) in [7, 11) is -2.28. The fourth-order valence-corrected chi connectivity index (χ4v) is 4.97. The standard InChI is InChI=1S/C22H29ClN2O4S/c1-7-25(8-2)30(27,28)20-13-15(9-11-17(20)23)21(26)24-18-14-16(22(3,4)5)10-12-19(18)29-6/h9-14H,7-8H2,1-6H3,(H,24,26). The normalized spacial score (nSPS) is 12.1. The van der Waals surface area contributed by atoms with Crippen LogP contribution < -0.4 is 10.1 Å². The van der Waals surface area contributed by atoms with Crippen LogP contribution >= 0.6 is 11.6 Å². The van der Waals surface area contributed by atoms with E-state index >= 15 is 0 Å². The van der Waals surface area contributed by atoms with Gasteiger partial charge in [-0.05, 0) is 41.3 Å². The van der Waals surface area contributed by atoms with Crippen LogP contribution in [0.3, 0.4) is 0 Å². The summed E-state index contributed by atoms with van der Waals surface area (Å²) in [5.74, 6) is 0.0633. The van der Waals surface area contributed by atoms with Crippen molar-refractivity contribution in [2.75, 3.05) is 25.5 Å². The molecule has 0 saturated carbocycles. The van der Waals surface area contributed by atoms with E-state index in [0.717, 1.165) is 5.56 Å². The lowest BCUT2D eigenvalue weighted by Gasteiger charge is -2.21. The number of carbonyl (C=O) groups excluding carboxylic acids is 1. The number of benzene rings is 2. The van der Waals surface area contributed by atoms with Crippen molar-refractivity contribution in [2.45, 2.75) is 44.9 Å². The highest BCUT2D eigenvalue weighted by atomic mass is 35.5. The van der Waals surface area contributed by atoms with Crippen LogP contribution in [0.2, 0.25) is 5.02 Å². The Bertz CT molecular complexity index is 1030. The zero-order chi connectivity index (χ0) is 22.7. The Kier molecular flexibility index (Phi) is 7.55. The Hall–Kier alpha value is -2.09. The van der Waals surface area contributed by atoms with Crippen LogP contribution in [0.5, 0.6) is 5.75 Å². The minimum atomic E-state index is -3.80. The largest absolute Gasteiger partial charge is 0.495 e. The second-order valence-electron chi connectivity index (χ2n) is 7.85. The molecule has 6 nitrogen and oxygen atoms in total. The van der Waals surface area contributed by atoms with Crippen molar-refractivity contribution in [3.8, 4) is 5.75 Å². The Morgan fingerprint density at radius 1 is 1.10 bits per heavy atom. The van der Waals surface area contributed by atoms with Crippen molar-refractivity contribution in [1.29, 1.82) is 0 Å². The molecule has 0 saturated heterocycles. The molecule has 2 aromatic rings. The summed E-state index contributed by atoms with van der Waals surface area (Å²) < 4.78 is 32.5. The Balaban J connectivity index is 2.44.